The first-order valence-electron chi connectivity index (χ1n) is 6.42. The van der Waals surface area contributed by atoms with Gasteiger partial charge in [0.2, 0.25) is 0 Å². The molecule has 21 heavy (non-hydrogen) atoms. The topological polar surface area (TPSA) is 30.0 Å². The second kappa shape index (κ2) is 5.26. The van der Waals surface area contributed by atoms with Crippen molar-refractivity contribution in [1.82, 2.24) is 4.98 Å². The number of halogens is 2. The minimum absolute atomic E-state index is 0.160. The van der Waals surface area contributed by atoms with Gasteiger partial charge in [-0.15, -0.1) is 0 Å². The first kappa shape index (κ1) is 13.7. The third-order valence-electron chi connectivity index (χ3n) is 3.26. The van der Waals surface area contributed by atoms with E-state index < -0.39 is 5.82 Å². The molecule has 0 unspecified atom stereocenters. The highest BCUT2D eigenvalue weighted by atomic mass is 35.5. The molecule has 0 aliphatic heterocycles. The van der Waals surface area contributed by atoms with Gasteiger partial charge in [0.15, 0.2) is 5.78 Å². The first-order chi connectivity index (χ1) is 10.1. The maximum atomic E-state index is 13.4. The van der Waals surface area contributed by atoms with Crippen LogP contribution in [0.15, 0.2) is 48.5 Å². The number of ketones is 1. The van der Waals surface area contributed by atoms with Crippen LogP contribution in [0.1, 0.15) is 21.6 Å². The summed E-state index contributed by atoms with van der Waals surface area (Å²) in [5.41, 5.74) is 2.09. The quantitative estimate of drug-likeness (QED) is 0.649. The van der Waals surface area contributed by atoms with Crippen molar-refractivity contribution in [1.29, 1.82) is 0 Å². The third kappa shape index (κ3) is 2.52. The zero-order valence-corrected chi connectivity index (χ0v) is 12.0. The SMILES string of the molecule is Cc1cc(C(=O)c2cc(F)ccc2Cl)c2ccccc2n1. The van der Waals surface area contributed by atoms with E-state index in [4.69, 9.17) is 11.6 Å². The maximum absolute atomic E-state index is 13.4. The Kier molecular flexibility index (Phi) is 3.43. The van der Waals surface area contributed by atoms with Gasteiger partial charge in [0, 0.05) is 22.2 Å². The summed E-state index contributed by atoms with van der Waals surface area (Å²) in [5.74, 6) is -0.793. The summed E-state index contributed by atoms with van der Waals surface area (Å²) < 4.78 is 13.4. The molecule has 0 atom stereocenters. The van der Waals surface area contributed by atoms with E-state index in [2.05, 4.69) is 4.98 Å². The Morgan fingerprint density at radius 3 is 2.67 bits per heavy atom. The Bertz CT molecular complexity index is 861. The Morgan fingerprint density at radius 1 is 1.10 bits per heavy atom. The van der Waals surface area contributed by atoms with Crippen LogP contribution in [-0.4, -0.2) is 10.8 Å². The summed E-state index contributed by atoms with van der Waals surface area (Å²) in [7, 11) is 0. The van der Waals surface area contributed by atoms with Gasteiger partial charge < -0.3 is 0 Å². The Morgan fingerprint density at radius 2 is 1.86 bits per heavy atom. The van der Waals surface area contributed by atoms with E-state index in [1.807, 2.05) is 31.2 Å². The lowest BCUT2D eigenvalue weighted by molar-refractivity contribution is 0.104. The van der Waals surface area contributed by atoms with Gasteiger partial charge in [-0.1, -0.05) is 29.8 Å². The number of hydrogen-bond acceptors (Lipinski definition) is 2. The molecule has 1 aromatic heterocycles. The molecule has 0 saturated carbocycles. The molecule has 0 fully saturated rings. The minimum Gasteiger partial charge on any atom is -0.289 e. The highest BCUT2D eigenvalue weighted by Crippen LogP contribution is 2.25. The zero-order valence-electron chi connectivity index (χ0n) is 11.2. The lowest BCUT2D eigenvalue weighted by Crippen LogP contribution is -2.05. The van der Waals surface area contributed by atoms with Crippen LogP contribution in [0.4, 0.5) is 4.39 Å². The number of carbonyl (C=O) groups is 1. The molecule has 104 valence electrons. The van der Waals surface area contributed by atoms with Crippen molar-refractivity contribution in [2.75, 3.05) is 0 Å². The van der Waals surface area contributed by atoms with Gasteiger partial charge in [-0.2, -0.15) is 0 Å². The van der Waals surface area contributed by atoms with E-state index in [1.165, 1.54) is 12.1 Å². The maximum Gasteiger partial charge on any atom is 0.195 e. The largest absolute Gasteiger partial charge is 0.289 e. The van der Waals surface area contributed by atoms with E-state index >= 15 is 0 Å². The van der Waals surface area contributed by atoms with Gasteiger partial charge in [-0.3, -0.25) is 9.78 Å². The molecule has 0 amide bonds. The number of aryl methyl sites for hydroxylation is 1. The molecule has 0 saturated heterocycles. The van der Waals surface area contributed by atoms with Crippen molar-refractivity contribution in [2.45, 2.75) is 6.92 Å². The summed E-state index contributed by atoms with van der Waals surface area (Å²) in [4.78, 5) is 17.1. The standard InChI is InChI=1S/C17H11ClFNO/c1-10-8-13(12-4-2-3-5-16(12)20-10)17(21)14-9-11(19)6-7-15(14)18/h2-9H,1H3. The summed E-state index contributed by atoms with van der Waals surface area (Å²) >= 11 is 6.03. The van der Waals surface area contributed by atoms with Crippen LogP contribution in [0.2, 0.25) is 5.02 Å². The molecule has 0 bridgehead atoms. The Labute approximate surface area is 126 Å². The Hall–Kier alpha value is -2.26. The fourth-order valence-electron chi connectivity index (χ4n) is 2.31. The Balaban J connectivity index is 2.24. The highest BCUT2D eigenvalue weighted by molar-refractivity contribution is 6.35. The summed E-state index contributed by atoms with van der Waals surface area (Å²) in [6, 6.07) is 12.8. The van der Waals surface area contributed by atoms with Gasteiger partial charge in [0.1, 0.15) is 5.82 Å². The number of fused-ring (bicyclic) bond motifs is 1. The number of rotatable bonds is 2. The van der Waals surface area contributed by atoms with Crippen molar-refractivity contribution in [3.05, 3.63) is 76.2 Å². The van der Waals surface area contributed by atoms with Gasteiger partial charge in [-0.05, 0) is 37.3 Å². The molecule has 3 aromatic rings. The van der Waals surface area contributed by atoms with E-state index in [0.717, 1.165) is 22.7 Å². The normalized spacial score (nSPS) is 10.8. The van der Waals surface area contributed by atoms with E-state index in [9.17, 15) is 9.18 Å². The molecule has 1 heterocycles. The van der Waals surface area contributed by atoms with E-state index in [0.29, 0.717) is 5.56 Å². The van der Waals surface area contributed by atoms with E-state index in [-0.39, 0.29) is 16.4 Å². The molecule has 4 heteroatoms. The lowest BCUT2D eigenvalue weighted by atomic mass is 9.99. The van der Waals surface area contributed by atoms with Crippen molar-refractivity contribution in [3.8, 4) is 0 Å². The average molecular weight is 300 g/mol. The molecular formula is C17H11ClFNO. The van der Waals surface area contributed by atoms with E-state index in [1.54, 1.807) is 6.07 Å². The molecule has 0 aliphatic rings. The van der Waals surface area contributed by atoms with Gasteiger partial charge >= 0.3 is 0 Å². The number of carbonyl (C=O) groups excluding carboxylic acids is 1. The number of hydrogen-bond donors (Lipinski definition) is 0. The van der Waals surface area contributed by atoms with Crippen molar-refractivity contribution >= 4 is 28.3 Å². The van der Waals surface area contributed by atoms with Crippen molar-refractivity contribution < 1.29 is 9.18 Å². The summed E-state index contributed by atoms with van der Waals surface area (Å²) in [6.07, 6.45) is 0. The van der Waals surface area contributed by atoms with Gasteiger partial charge in [0.05, 0.1) is 10.5 Å². The minimum atomic E-state index is -0.488. The van der Waals surface area contributed by atoms with Crippen LogP contribution < -0.4 is 0 Å². The van der Waals surface area contributed by atoms with Crippen LogP contribution in [0.5, 0.6) is 0 Å². The summed E-state index contributed by atoms with van der Waals surface area (Å²) in [6.45, 7) is 1.82. The number of pyridine rings is 1. The third-order valence-corrected chi connectivity index (χ3v) is 3.59. The average Bonchev–Trinajstić information content (AvgIpc) is 2.48. The molecule has 0 spiro atoms. The van der Waals surface area contributed by atoms with Crippen LogP contribution >= 0.6 is 11.6 Å². The fourth-order valence-corrected chi connectivity index (χ4v) is 2.52. The molecule has 2 nitrogen and oxygen atoms in total. The smallest absolute Gasteiger partial charge is 0.195 e. The number of para-hydroxylation sites is 1. The van der Waals surface area contributed by atoms with Gasteiger partial charge in [0.25, 0.3) is 0 Å². The van der Waals surface area contributed by atoms with Crippen LogP contribution in [-0.2, 0) is 0 Å². The first-order valence-corrected chi connectivity index (χ1v) is 6.80. The van der Waals surface area contributed by atoms with Crippen LogP contribution in [0.25, 0.3) is 10.9 Å². The van der Waals surface area contributed by atoms with Crippen LogP contribution in [0, 0.1) is 12.7 Å². The predicted molar refractivity (Wildman–Crippen MR) is 81.3 cm³/mol. The van der Waals surface area contributed by atoms with Crippen molar-refractivity contribution in [3.63, 3.8) is 0 Å². The zero-order chi connectivity index (χ0) is 15.0. The lowest BCUT2D eigenvalue weighted by Gasteiger charge is -2.08. The van der Waals surface area contributed by atoms with Crippen LogP contribution in [0.3, 0.4) is 0 Å². The molecule has 0 radical (unpaired) electrons. The molecule has 3 rings (SSSR count). The second-order valence-electron chi connectivity index (χ2n) is 4.78. The molecule has 0 N–H and O–H groups in total. The monoisotopic (exact) mass is 299 g/mol. The molecule has 0 aliphatic carbocycles. The molecular weight excluding hydrogens is 289 g/mol. The number of benzene rings is 2. The number of aromatic nitrogens is 1. The highest BCUT2D eigenvalue weighted by Gasteiger charge is 2.17. The van der Waals surface area contributed by atoms with Crippen molar-refractivity contribution in [2.24, 2.45) is 0 Å². The number of nitrogens with zero attached hydrogens (tertiary/aromatic N) is 1. The second-order valence-corrected chi connectivity index (χ2v) is 5.19. The molecule has 2 aromatic carbocycles. The summed E-state index contributed by atoms with van der Waals surface area (Å²) in [5, 5.41) is 0.966. The predicted octanol–water partition coefficient (Wildman–Crippen LogP) is 4.57. The fraction of sp³-hybridized carbons (Fsp3) is 0.0588. The van der Waals surface area contributed by atoms with Gasteiger partial charge in [-0.25, -0.2) is 4.39 Å².